The number of rotatable bonds is 6. The number of hydrogen-bond acceptors (Lipinski definition) is 3. The predicted octanol–water partition coefficient (Wildman–Crippen LogP) is 0.569. The van der Waals surface area contributed by atoms with E-state index in [1.54, 1.807) is 0 Å². The lowest BCUT2D eigenvalue weighted by Gasteiger charge is -2.25. The summed E-state index contributed by atoms with van der Waals surface area (Å²) in [5.74, 6) is -0.598. The highest BCUT2D eigenvalue weighted by Gasteiger charge is 2.23. The molecule has 0 heterocycles. The minimum absolute atomic E-state index is 0.0370. The summed E-state index contributed by atoms with van der Waals surface area (Å²) in [6.07, 6.45) is 4.03. The quantitative estimate of drug-likeness (QED) is 0.705. The maximum Gasteiger partial charge on any atom is 0.321 e. The lowest BCUT2D eigenvalue weighted by Crippen LogP contribution is -2.40. The van der Waals surface area contributed by atoms with Gasteiger partial charge in [-0.2, -0.15) is 0 Å². The summed E-state index contributed by atoms with van der Waals surface area (Å²) in [5.41, 5.74) is 0. The van der Waals surface area contributed by atoms with Gasteiger partial charge in [-0.1, -0.05) is 19.3 Å². The molecule has 0 amide bonds. The minimum atomic E-state index is -3.43. The third-order valence-corrected chi connectivity index (χ3v) is 4.23. The van der Waals surface area contributed by atoms with Crippen molar-refractivity contribution in [2.24, 2.45) is 5.92 Å². The molecule has 88 valence electrons. The van der Waals surface area contributed by atoms with Crippen molar-refractivity contribution in [3.63, 3.8) is 0 Å². The van der Waals surface area contributed by atoms with E-state index < -0.39 is 22.0 Å². The van der Waals surface area contributed by atoms with Crippen LogP contribution in [0, 0.1) is 5.92 Å². The molecular weight excluding hydrogens is 218 g/mol. The highest BCUT2D eigenvalue weighted by molar-refractivity contribution is 7.89. The minimum Gasteiger partial charge on any atom is -0.480 e. The normalized spacial score (nSPS) is 19.5. The number of aliphatic carboxylic acids is 1. The number of carboxylic acid groups (broad SMARTS) is 1. The van der Waals surface area contributed by atoms with Gasteiger partial charge in [-0.25, -0.2) is 13.1 Å². The van der Waals surface area contributed by atoms with Crippen molar-refractivity contribution in [3.05, 3.63) is 0 Å². The SMILES string of the molecule is CC(NS(=O)(=O)CCC1CCC1)C(=O)O. The van der Waals surface area contributed by atoms with Crippen LogP contribution in [-0.4, -0.2) is 31.3 Å². The van der Waals surface area contributed by atoms with Crippen LogP contribution in [0.2, 0.25) is 0 Å². The molecule has 0 radical (unpaired) electrons. The molecule has 0 bridgehead atoms. The predicted molar refractivity (Wildman–Crippen MR) is 56.0 cm³/mol. The van der Waals surface area contributed by atoms with Gasteiger partial charge in [0.25, 0.3) is 0 Å². The zero-order valence-electron chi connectivity index (χ0n) is 8.77. The smallest absolute Gasteiger partial charge is 0.321 e. The average Bonchev–Trinajstić information content (AvgIpc) is 1.99. The molecule has 0 spiro atoms. The standard InChI is InChI=1S/C9H17NO4S/c1-7(9(11)12)10-15(13,14)6-5-8-3-2-4-8/h7-8,10H,2-6H2,1H3,(H,11,12). The fraction of sp³-hybridized carbons (Fsp3) is 0.889. The lowest BCUT2D eigenvalue weighted by molar-refractivity contribution is -0.138. The molecule has 1 aliphatic rings. The Balaban J connectivity index is 2.33. The van der Waals surface area contributed by atoms with Gasteiger partial charge in [0.2, 0.25) is 10.0 Å². The zero-order valence-corrected chi connectivity index (χ0v) is 9.59. The van der Waals surface area contributed by atoms with Crippen LogP contribution < -0.4 is 4.72 Å². The van der Waals surface area contributed by atoms with E-state index in [0.29, 0.717) is 12.3 Å². The first kappa shape index (κ1) is 12.4. The van der Waals surface area contributed by atoms with Crippen molar-refractivity contribution >= 4 is 16.0 Å². The molecule has 0 aromatic rings. The average molecular weight is 235 g/mol. The maximum absolute atomic E-state index is 11.4. The Kier molecular flexibility index (Phi) is 4.10. The molecule has 1 atom stereocenters. The van der Waals surface area contributed by atoms with E-state index in [1.807, 2.05) is 0 Å². The second-order valence-electron chi connectivity index (χ2n) is 4.08. The summed E-state index contributed by atoms with van der Waals surface area (Å²) >= 11 is 0. The maximum atomic E-state index is 11.4. The molecule has 1 saturated carbocycles. The Bertz CT molecular complexity index is 321. The van der Waals surface area contributed by atoms with Crippen LogP contribution in [0.25, 0.3) is 0 Å². The van der Waals surface area contributed by atoms with Gasteiger partial charge < -0.3 is 5.11 Å². The van der Waals surface area contributed by atoms with Crippen LogP contribution in [0.4, 0.5) is 0 Å². The molecule has 15 heavy (non-hydrogen) atoms. The second-order valence-corrected chi connectivity index (χ2v) is 5.96. The number of carboxylic acids is 1. The lowest BCUT2D eigenvalue weighted by atomic mass is 9.84. The highest BCUT2D eigenvalue weighted by Crippen LogP contribution is 2.29. The number of sulfonamides is 1. The van der Waals surface area contributed by atoms with Crippen molar-refractivity contribution in [2.45, 2.75) is 38.6 Å². The van der Waals surface area contributed by atoms with Gasteiger partial charge in [0.1, 0.15) is 6.04 Å². The van der Waals surface area contributed by atoms with Gasteiger partial charge >= 0.3 is 5.97 Å². The number of carbonyl (C=O) groups is 1. The molecule has 0 saturated heterocycles. The van der Waals surface area contributed by atoms with Crippen molar-refractivity contribution < 1.29 is 18.3 Å². The Hall–Kier alpha value is -0.620. The van der Waals surface area contributed by atoms with E-state index in [-0.39, 0.29) is 5.75 Å². The molecule has 1 unspecified atom stereocenters. The van der Waals surface area contributed by atoms with E-state index in [1.165, 1.54) is 13.3 Å². The summed E-state index contributed by atoms with van der Waals surface area (Å²) in [4.78, 5) is 10.5. The third kappa shape index (κ3) is 4.17. The largest absolute Gasteiger partial charge is 0.480 e. The molecule has 0 aliphatic heterocycles. The molecule has 0 aromatic heterocycles. The van der Waals surface area contributed by atoms with E-state index >= 15 is 0 Å². The van der Waals surface area contributed by atoms with E-state index in [4.69, 9.17) is 5.11 Å². The van der Waals surface area contributed by atoms with Gasteiger partial charge in [0.15, 0.2) is 0 Å². The number of hydrogen-bond donors (Lipinski definition) is 2. The van der Waals surface area contributed by atoms with Crippen molar-refractivity contribution in [1.29, 1.82) is 0 Å². The van der Waals surface area contributed by atoms with E-state index in [9.17, 15) is 13.2 Å². The Labute approximate surface area is 89.9 Å². The number of nitrogens with one attached hydrogen (secondary N) is 1. The molecule has 5 nitrogen and oxygen atoms in total. The second kappa shape index (κ2) is 4.94. The first-order valence-electron chi connectivity index (χ1n) is 5.13. The van der Waals surface area contributed by atoms with Crippen molar-refractivity contribution in [3.8, 4) is 0 Å². The monoisotopic (exact) mass is 235 g/mol. The van der Waals surface area contributed by atoms with Crippen LogP contribution in [0.3, 0.4) is 0 Å². The molecule has 1 aliphatic carbocycles. The first-order valence-corrected chi connectivity index (χ1v) is 6.79. The van der Waals surface area contributed by atoms with Gasteiger partial charge in [0, 0.05) is 0 Å². The van der Waals surface area contributed by atoms with Crippen molar-refractivity contribution in [1.82, 2.24) is 4.72 Å². The van der Waals surface area contributed by atoms with E-state index in [2.05, 4.69) is 4.72 Å². The molecular formula is C9H17NO4S. The van der Waals surface area contributed by atoms with Gasteiger partial charge in [-0.3, -0.25) is 4.79 Å². The Morgan fingerprint density at radius 1 is 1.53 bits per heavy atom. The molecule has 1 rings (SSSR count). The summed E-state index contributed by atoms with van der Waals surface area (Å²) in [5, 5.41) is 8.55. The van der Waals surface area contributed by atoms with E-state index in [0.717, 1.165) is 12.8 Å². The summed E-state index contributed by atoms with van der Waals surface area (Å²) in [6.45, 7) is 1.32. The third-order valence-electron chi connectivity index (χ3n) is 2.75. The Morgan fingerprint density at radius 3 is 2.53 bits per heavy atom. The molecule has 6 heteroatoms. The van der Waals surface area contributed by atoms with Gasteiger partial charge in [-0.05, 0) is 19.3 Å². The van der Waals surface area contributed by atoms with Crippen LogP contribution in [0.15, 0.2) is 0 Å². The van der Waals surface area contributed by atoms with Crippen LogP contribution in [-0.2, 0) is 14.8 Å². The summed E-state index contributed by atoms with van der Waals surface area (Å²) in [7, 11) is -3.43. The van der Waals surface area contributed by atoms with Crippen molar-refractivity contribution in [2.75, 3.05) is 5.75 Å². The Morgan fingerprint density at radius 2 is 2.13 bits per heavy atom. The highest BCUT2D eigenvalue weighted by atomic mass is 32.2. The fourth-order valence-corrected chi connectivity index (χ4v) is 2.88. The van der Waals surface area contributed by atoms with Crippen LogP contribution in [0.1, 0.15) is 32.6 Å². The van der Waals surface area contributed by atoms with Gasteiger partial charge in [-0.15, -0.1) is 0 Å². The molecule has 1 fully saturated rings. The van der Waals surface area contributed by atoms with Gasteiger partial charge in [0.05, 0.1) is 5.75 Å². The van der Waals surface area contributed by atoms with Crippen LogP contribution >= 0.6 is 0 Å². The van der Waals surface area contributed by atoms with Crippen LogP contribution in [0.5, 0.6) is 0 Å². The first-order chi connectivity index (χ1) is 6.91. The fourth-order valence-electron chi connectivity index (χ4n) is 1.48. The molecule has 2 N–H and O–H groups in total. The molecule has 0 aromatic carbocycles. The summed E-state index contributed by atoms with van der Waals surface area (Å²) < 4.78 is 25.0. The zero-order chi connectivity index (χ0) is 11.5. The summed E-state index contributed by atoms with van der Waals surface area (Å²) in [6, 6.07) is -1.05. The topological polar surface area (TPSA) is 83.5 Å².